The Balaban J connectivity index is 3.25. The third-order valence-corrected chi connectivity index (χ3v) is 4.27. The highest BCUT2D eigenvalue weighted by Crippen LogP contribution is 2.20. The van der Waals surface area contributed by atoms with Crippen LogP contribution in [-0.4, -0.2) is 37.5 Å². The van der Waals surface area contributed by atoms with E-state index < -0.39 is 15.8 Å². The maximum absolute atomic E-state index is 13.6. The highest BCUT2D eigenvalue weighted by molar-refractivity contribution is 7.89. The van der Waals surface area contributed by atoms with Crippen molar-refractivity contribution in [3.05, 3.63) is 42.2 Å². The number of aryl methyl sites for hydroxylation is 1. The van der Waals surface area contributed by atoms with E-state index in [0.717, 1.165) is 10.4 Å². The number of aliphatic hydroxyl groups is 1. The van der Waals surface area contributed by atoms with Crippen molar-refractivity contribution in [2.45, 2.75) is 11.8 Å². The maximum Gasteiger partial charge on any atom is 0.246 e. The van der Waals surface area contributed by atoms with Crippen LogP contribution >= 0.6 is 0 Å². The summed E-state index contributed by atoms with van der Waals surface area (Å²) >= 11 is 0. The lowest BCUT2D eigenvalue weighted by atomic mass is 10.2. The second-order valence-electron chi connectivity index (χ2n) is 3.81. The lowest BCUT2D eigenvalue weighted by molar-refractivity contribution is 0.260. The van der Waals surface area contributed by atoms with Crippen molar-refractivity contribution in [3.8, 4) is 0 Å². The molecule has 0 bridgehead atoms. The molecule has 0 aliphatic heterocycles. The zero-order valence-electron chi connectivity index (χ0n) is 10.1. The standard InChI is InChI=1S/C12H16FNO3S/c1-3-6-14(7-8-15)18(16,17)12-9-10(2)4-5-11(12)13/h3-5,9,15H,1,6-8H2,2H3. The van der Waals surface area contributed by atoms with Crippen molar-refractivity contribution in [1.29, 1.82) is 0 Å². The van der Waals surface area contributed by atoms with E-state index in [2.05, 4.69) is 6.58 Å². The molecule has 4 nitrogen and oxygen atoms in total. The maximum atomic E-state index is 13.6. The molecule has 0 heterocycles. The Morgan fingerprint density at radius 3 is 2.72 bits per heavy atom. The molecule has 1 rings (SSSR count). The molecule has 0 unspecified atom stereocenters. The largest absolute Gasteiger partial charge is 0.395 e. The van der Waals surface area contributed by atoms with Gasteiger partial charge >= 0.3 is 0 Å². The monoisotopic (exact) mass is 273 g/mol. The zero-order valence-corrected chi connectivity index (χ0v) is 11.0. The van der Waals surface area contributed by atoms with Gasteiger partial charge in [0.15, 0.2) is 0 Å². The number of nitrogens with zero attached hydrogens (tertiary/aromatic N) is 1. The van der Waals surface area contributed by atoms with E-state index in [9.17, 15) is 12.8 Å². The summed E-state index contributed by atoms with van der Waals surface area (Å²) in [6, 6.07) is 3.89. The van der Waals surface area contributed by atoms with Crippen LogP contribution in [0.15, 0.2) is 35.7 Å². The average molecular weight is 273 g/mol. The number of aliphatic hydroxyl groups excluding tert-OH is 1. The Hall–Kier alpha value is -1.24. The molecule has 0 saturated carbocycles. The Morgan fingerprint density at radius 1 is 1.50 bits per heavy atom. The zero-order chi connectivity index (χ0) is 13.8. The van der Waals surface area contributed by atoms with E-state index in [1.54, 1.807) is 6.92 Å². The van der Waals surface area contributed by atoms with Crippen molar-refractivity contribution in [3.63, 3.8) is 0 Å². The van der Waals surface area contributed by atoms with Crippen molar-refractivity contribution >= 4 is 10.0 Å². The fourth-order valence-electron chi connectivity index (χ4n) is 1.51. The smallest absolute Gasteiger partial charge is 0.246 e. The first kappa shape index (κ1) is 14.8. The number of halogens is 1. The Morgan fingerprint density at radius 2 is 2.17 bits per heavy atom. The molecule has 1 aromatic carbocycles. The predicted molar refractivity (Wildman–Crippen MR) is 67.2 cm³/mol. The van der Waals surface area contributed by atoms with Gasteiger partial charge in [-0.25, -0.2) is 12.8 Å². The minimum atomic E-state index is -3.95. The third-order valence-electron chi connectivity index (χ3n) is 2.39. The molecule has 0 saturated heterocycles. The third kappa shape index (κ3) is 3.16. The van der Waals surface area contributed by atoms with Gasteiger partial charge in [-0.1, -0.05) is 12.1 Å². The quantitative estimate of drug-likeness (QED) is 0.795. The number of rotatable bonds is 6. The first-order chi connectivity index (χ1) is 8.43. The molecule has 0 fully saturated rings. The molecular formula is C12H16FNO3S. The van der Waals surface area contributed by atoms with Crippen LogP contribution in [0.2, 0.25) is 0 Å². The first-order valence-electron chi connectivity index (χ1n) is 5.41. The van der Waals surface area contributed by atoms with Crippen molar-refractivity contribution in [2.24, 2.45) is 0 Å². The van der Waals surface area contributed by atoms with Crippen LogP contribution in [0.25, 0.3) is 0 Å². The second kappa shape index (κ2) is 6.08. The molecule has 100 valence electrons. The van der Waals surface area contributed by atoms with Gasteiger partial charge in [0.1, 0.15) is 10.7 Å². The van der Waals surface area contributed by atoms with Gasteiger partial charge in [-0.3, -0.25) is 0 Å². The van der Waals surface area contributed by atoms with Crippen LogP contribution in [0.3, 0.4) is 0 Å². The summed E-state index contributed by atoms with van der Waals surface area (Å²) in [4.78, 5) is -0.377. The summed E-state index contributed by atoms with van der Waals surface area (Å²) in [5, 5.41) is 8.86. The summed E-state index contributed by atoms with van der Waals surface area (Å²) in [6.07, 6.45) is 1.39. The molecule has 1 N–H and O–H groups in total. The van der Waals surface area contributed by atoms with Gasteiger partial charge in [0.05, 0.1) is 6.61 Å². The molecule has 0 radical (unpaired) electrons. The van der Waals surface area contributed by atoms with E-state index in [4.69, 9.17) is 5.11 Å². The first-order valence-corrected chi connectivity index (χ1v) is 6.85. The molecule has 0 amide bonds. The van der Waals surface area contributed by atoms with Gasteiger partial charge in [0.2, 0.25) is 10.0 Å². The highest BCUT2D eigenvalue weighted by Gasteiger charge is 2.26. The van der Waals surface area contributed by atoms with Gasteiger partial charge < -0.3 is 5.11 Å². The van der Waals surface area contributed by atoms with Crippen LogP contribution in [-0.2, 0) is 10.0 Å². The lowest BCUT2D eigenvalue weighted by Gasteiger charge is -2.20. The fourth-order valence-corrected chi connectivity index (χ4v) is 3.06. The van der Waals surface area contributed by atoms with Crippen LogP contribution in [0, 0.1) is 12.7 Å². The van der Waals surface area contributed by atoms with E-state index >= 15 is 0 Å². The number of sulfonamides is 1. The molecule has 0 aliphatic rings. The van der Waals surface area contributed by atoms with Crippen LogP contribution in [0.4, 0.5) is 4.39 Å². The van der Waals surface area contributed by atoms with Gasteiger partial charge in [0.25, 0.3) is 0 Å². The Bertz CT molecular complexity index is 528. The van der Waals surface area contributed by atoms with Crippen molar-refractivity contribution in [1.82, 2.24) is 4.31 Å². The molecular weight excluding hydrogens is 257 g/mol. The highest BCUT2D eigenvalue weighted by atomic mass is 32.2. The topological polar surface area (TPSA) is 57.6 Å². The molecule has 0 aromatic heterocycles. The normalized spacial score (nSPS) is 11.8. The van der Waals surface area contributed by atoms with Crippen molar-refractivity contribution < 1.29 is 17.9 Å². The molecule has 0 spiro atoms. The SMILES string of the molecule is C=CCN(CCO)S(=O)(=O)c1cc(C)ccc1F. The van der Waals surface area contributed by atoms with Crippen molar-refractivity contribution in [2.75, 3.05) is 19.7 Å². The minimum absolute atomic E-state index is 0.0241. The number of hydrogen-bond donors (Lipinski definition) is 1. The molecule has 18 heavy (non-hydrogen) atoms. The van der Waals surface area contributed by atoms with Gasteiger partial charge in [0, 0.05) is 13.1 Å². The summed E-state index contributed by atoms with van der Waals surface area (Å²) in [7, 11) is -3.95. The Kier molecular flexibility index (Phi) is 5.01. The molecule has 0 aliphatic carbocycles. The average Bonchev–Trinajstić information content (AvgIpc) is 2.32. The van der Waals surface area contributed by atoms with E-state index in [1.165, 1.54) is 18.2 Å². The van der Waals surface area contributed by atoms with Crippen LogP contribution in [0.5, 0.6) is 0 Å². The fraction of sp³-hybridized carbons (Fsp3) is 0.333. The second-order valence-corrected chi connectivity index (χ2v) is 5.72. The summed E-state index contributed by atoms with van der Waals surface area (Å²) in [5.41, 5.74) is 0.650. The minimum Gasteiger partial charge on any atom is -0.395 e. The predicted octanol–water partition coefficient (Wildman–Crippen LogP) is 1.30. The van der Waals surface area contributed by atoms with E-state index in [0.29, 0.717) is 5.56 Å². The summed E-state index contributed by atoms with van der Waals surface area (Å²) < 4.78 is 39.0. The molecule has 0 atom stereocenters. The van der Waals surface area contributed by atoms with Crippen LogP contribution < -0.4 is 0 Å². The Labute approximate surface area is 106 Å². The van der Waals surface area contributed by atoms with Crippen LogP contribution in [0.1, 0.15) is 5.56 Å². The number of hydrogen-bond acceptors (Lipinski definition) is 3. The van der Waals surface area contributed by atoms with Gasteiger partial charge in [-0.05, 0) is 24.6 Å². The van der Waals surface area contributed by atoms with E-state index in [-0.39, 0.29) is 24.6 Å². The van der Waals surface area contributed by atoms with Gasteiger partial charge in [-0.15, -0.1) is 6.58 Å². The number of benzene rings is 1. The summed E-state index contributed by atoms with van der Waals surface area (Å²) in [5.74, 6) is -0.799. The van der Waals surface area contributed by atoms with Gasteiger partial charge in [-0.2, -0.15) is 4.31 Å². The molecule has 6 heteroatoms. The van der Waals surface area contributed by atoms with E-state index in [1.807, 2.05) is 0 Å². The lowest BCUT2D eigenvalue weighted by Crippen LogP contribution is -2.34. The molecule has 1 aromatic rings. The summed E-state index contributed by atoms with van der Waals surface area (Å²) in [6.45, 7) is 4.73.